The van der Waals surface area contributed by atoms with Crippen molar-refractivity contribution in [1.29, 1.82) is 0 Å². The SMILES string of the molecule is CC1(C)Cc2cc(S(N)(=O)=O)cc(C(=O)NC[C@@H]3CCCN3Cc3ccccc3)c2O1.Cl. The number of hydrogen-bond donors (Lipinski definition) is 2. The fourth-order valence-corrected chi connectivity index (χ4v) is 5.06. The Hall–Kier alpha value is -2.13. The normalized spacial score (nSPS) is 19.7. The van der Waals surface area contributed by atoms with Gasteiger partial charge in [0.05, 0.1) is 10.5 Å². The second-order valence-corrected chi connectivity index (χ2v) is 10.6. The van der Waals surface area contributed by atoms with Crippen LogP contribution in [0.15, 0.2) is 47.4 Å². The van der Waals surface area contributed by atoms with Crippen molar-refractivity contribution in [2.24, 2.45) is 5.14 Å². The van der Waals surface area contributed by atoms with Gasteiger partial charge in [-0.2, -0.15) is 0 Å². The fraction of sp³-hybridized carbons (Fsp3) is 0.435. The van der Waals surface area contributed by atoms with Crippen molar-refractivity contribution in [1.82, 2.24) is 10.2 Å². The molecule has 1 fully saturated rings. The summed E-state index contributed by atoms with van der Waals surface area (Å²) in [6.45, 7) is 6.14. The van der Waals surface area contributed by atoms with Crippen LogP contribution in [0, 0.1) is 0 Å². The minimum atomic E-state index is -3.94. The van der Waals surface area contributed by atoms with Crippen molar-refractivity contribution in [3.8, 4) is 5.75 Å². The quantitative estimate of drug-likeness (QED) is 0.663. The molecule has 3 N–H and O–H groups in total. The van der Waals surface area contributed by atoms with Gasteiger partial charge in [-0.3, -0.25) is 9.69 Å². The third-order valence-corrected chi connectivity index (χ3v) is 6.83. The lowest BCUT2D eigenvalue weighted by Gasteiger charge is -2.25. The molecule has 2 aliphatic heterocycles. The highest BCUT2D eigenvalue weighted by Crippen LogP contribution is 2.39. The molecule has 0 aliphatic carbocycles. The number of halogens is 1. The van der Waals surface area contributed by atoms with E-state index in [1.54, 1.807) is 0 Å². The van der Waals surface area contributed by atoms with Crippen molar-refractivity contribution in [3.05, 3.63) is 59.2 Å². The summed E-state index contributed by atoms with van der Waals surface area (Å²) in [6, 6.07) is 13.3. The molecule has 2 heterocycles. The molecular weight excluding hydrogens is 450 g/mol. The van der Waals surface area contributed by atoms with E-state index in [9.17, 15) is 13.2 Å². The molecule has 174 valence electrons. The van der Waals surface area contributed by atoms with Gasteiger partial charge >= 0.3 is 0 Å². The van der Waals surface area contributed by atoms with Crippen LogP contribution in [0.1, 0.15) is 48.2 Å². The zero-order valence-electron chi connectivity index (χ0n) is 18.3. The van der Waals surface area contributed by atoms with Crippen LogP contribution in [-0.4, -0.2) is 44.0 Å². The van der Waals surface area contributed by atoms with Gasteiger partial charge in [0.1, 0.15) is 11.4 Å². The van der Waals surface area contributed by atoms with Crippen molar-refractivity contribution in [3.63, 3.8) is 0 Å². The van der Waals surface area contributed by atoms with Gasteiger partial charge in [-0.15, -0.1) is 12.4 Å². The molecule has 0 aromatic heterocycles. The van der Waals surface area contributed by atoms with E-state index in [4.69, 9.17) is 9.88 Å². The number of likely N-dealkylation sites (tertiary alicyclic amines) is 1. The van der Waals surface area contributed by atoms with E-state index in [1.165, 1.54) is 17.7 Å². The summed E-state index contributed by atoms with van der Waals surface area (Å²) in [5, 5.41) is 8.34. The minimum Gasteiger partial charge on any atom is -0.486 e. The standard InChI is InChI=1S/C23H29N3O4S.ClH/c1-23(2)13-17-11-19(31(24,28)29)12-20(21(17)30-23)22(27)25-14-18-9-6-10-26(18)15-16-7-4-3-5-8-16;/h3-5,7-8,11-12,18H,6,9-10,13-15H2,1-2H3,(H,25,27)(H2,24,28,29);1H/t18-;/m0./s1. The predicted octanol–water partition coefficient (Wildman–Crippen LogP) is 2.86. The molecule has 0 saturated carbocycles. The number of nitrogens with one attached hydrogen (secondary N) is 1. The van der Waals surface area contributed by atoms with E-state index in [0.717, 1.165) is 25.9 Å². The van der Waals surface area contributed by atoms with E-state index < -0.39 is 15.6 Å². The van der Waals surface area contributed by atoms with E-state index in [0.29, 0.717) is 24.3 Å². The number of primary sulfonamides is 1. The smallest absolute Gasteiger partial charge is 0.255 e. The number of rotatable bonds is 6. The summed E-state index contributed by atoms with van der Waals surface area (Å²) >= 11 is 0. The van der Waals surface area contributed by atoms with Crippen molar-refractivity contribution >= 4 is 28.3 Å². The van der Waals surface area contributed by atoms with Crippen LogP contribution in [0.5, 0.6) is 5.75 Å². The number of nitrogens with zero attached hydrogens (tertiary/aromatic N) is 1. The number of hydrogen-bond acceptors (Lipinski definition) is 5. The second kappa shape index (κ2) is 9.39. The molecule has 1 atom stereocenters. The lowest BCUT2D eigenvalue weighted by atomic mass is 10.0. The molecule has 2 aliphatic rings. The Morgan fingerprint density at radius 2 is 1.97 bits per heavy atom. The highest BCUT2D eigenvalue weighted by atomic mass is 35.5. The van der Waals surface area contributed by atoms with Gasteiger partial charge in [0.2, 0.25) is 10.0 Å². The summed E-state index contributed by atoms with van der Waals surface area (Å²) in [5.74, 6) is 0.105. The highest BCUT2D eigenvalue weighted by Gasteiger charge is 2.35. The molecule has 7 nitrogen and oxygen atoms in total. The number of carbonyl (C=O) groups excluding carboxylic acids is 1. The van der Waals surface area contributed by atoms with Gasteiger partial charge in [0.25, 0.3) is 5.91 Å². The number of benzene rings is 2. The lowest BCUT2D eigenvalue weighted by Crippen LogP contribution is -2.40. The zero-order chi connectivity index (χ0) is 22.2. The van der Waals surface area contributed by atoms with Crippen molar-refractivity contribution in [2.45, 2.75) is 56.2 Å². The van der Waals surface area contributed by atoms with Crippen molar-refractivity contribution < 1.29 is 17.9 Å². The number of fused-ring (bicyclic) bond motifs is 1. The van der Waals surface area contributed by atoms with E-state index in [2.05, 4.69) is 22.3 Å². The first-order valence-corrected chi connectivity index (χ1v) is 12.1. The van der Waals surface area contributed by atoms with Crippen LogP contribution in [0.4, 0.5) is 0 Å². The molecule has 32 heavy (non-hydrogen) atoms. The first-order valence-electron chi connectivity index (χ1n) is 10.6. The average Bonchev–Trinajstić information content (AvgIpc) is 3.27. The molecule has 1 saturated heterocycles. The number of nitrogens with two attached hydrogens (primary N) is 1. The topological polar surface area (TPSA) is 102 Å². The van der Waals surface area contributed by atoms with Crippen molar-refractivity contribution in [2.75, 3.05) is 13.1 Å². The molecule has 0 spiro atoms. The first kappa shape index (κ1) is 24.5. The number of sulfonamides is 1. The summed E-state index contributed by atoms with van der Waals surface area (Å²) in [7, 11) is -3.94. The minimum absolute atomic E-state index is 0. The Labute approximate surface area is 195 Å². The van der Waals surface area contributed by atoms with E-state index in [1.807, 2.05) is 32.0 Å². The van der Waals surface area contributed by atoms with Crippen LogP contribution in [0.2, 0.25) is 0 Å². The molecule has 9 heteroatoms. The van der Waals surface area contributed by atoms with Gasteiger partial charge in [0.15, 0.2) is 0 Å². The summed E-state index contributed by atoms with van der Waals surface area (Å²) in [5.41, 5.74) is 1.65. The maximum Gasteiger partial charge on any atom is 0.255 e. The van der Waals surface area contributed by atoms with Crippen LogP contribution < -0.4 is 15.2 Å². The Kier molecular flexibility index (Phi) is 7.19. The predicted molar refractivity (Wildman–Crippen MR) is 126 cm³/mol. The Morgan fingerprint density at radius 3 is 2.66 bits per heavy atom. The van der Waals surface area contributed by atoms with E-state index in [-0.39, 0.29) is 34.8 Å². The number of carbonyl (C=O) groups is 1. The Bertz CT molecular complexity index is 1090. The van der Waals surface area contributed by atoms with Gasteiger partial charge < -0.3 is 10.1 Å². The molecule has 0 unspecified atom stereocenters. The maximum absolute atomic E-state index is 13.1. The second-order valence-electron chi connectivity index (χ2n) is 9.00. The van der Waals surface area contributed by atoms with Gasteiger partial charge in [-0.05, 0) is 50.9 Å². The van der Waals surface area contributed by atoms with Crippen LogP contribution in [0.3, 0.4) is 0 Å². The molecule has 4 rings (SSSR count). The first-order chi connectivity index (χ1) is 14.6. The monoisotopic (exact) mass is 479 g/mol. The Morgan fingerprint density at radius 1 is 1.25 bits per heavy atom. The van der Waals surface area contributed by atoms with Crippen LogP contribution in [-0.2, 0) is 23.0 Å². The third kappa shape index (κ3) is 5.43. The van der Waals surface area contributed by atoms with Crippen LogP contribution in [0.25, 0.3) is 0 Å². The summed E-state index contributed by atoms with van der Waals surface area (Å²) < 4.78 is 29.9. The molecule has 0 radical (unpaired) electrons. The molecule has 0 bridgehead atoms. The number of ether oxygens (including phenoxy) is 1. The van der Waals surface area contributed by atoms with Crippen LogP contribution >= 0.6 is 12.4 Å². The van der Waals surface area contributed by atoms with E-state index >= 15 is 0 Å². The van der Waals surface area contributed by atoms with Gasteiger partial charge in [-0.1, -0.05) is 30.3 Å². The lowest BCUT2D eigenvalue weighted by molar-refractivity contribution is 0.0926. The molecule has 2 aromatic rings. The molecule has 2 aromatic carbocycles. The zero-order valence-corrected chi connectivity index (χ0v) is 20.0. The fourth-order valence-electron chi connectivity index (χ4n) is 4.47. The maximum atomic E-state index is 13.1. The Balaban J connectivity index is 0.00000289. The molecular formula is C23H30ClN3O4S. The average molecular weight is 480 g/mol. The summed E-state index contributed by atoms with van der Waals surface area (Å²) in [6.07, 6.45) is 2.60. The highest BCUT2D eigenvalue weighted by molar-refractivity contribution is 7.89. The van der Waals surface area contributed by atoms with Gasteiger partial charge in [-0.25, -0.2) is 13.6 Å². The molecule has 1 amide bonds. The number of amides is 1. The third-order valence-electron chi connectivity index (χ3n) is 5.93. The van der Waals surface area contributed by atoms with Gasteiger partial charge in [0, 0.05) is 31.1 Å². The largest absolute Gasteiger partial charge is 0.486 e. The summed E-state index contributed by atoms with van der Waals surface area (Å²) in [4.78, 5) is 15.4.